The molecule has 1 saturated heterocycles. The minimum Gasteiger partial charge on any atom is -0.303 e. The van der Waals surface area contributed by atoms with Gasteiger partial charge in [0, 0.05) is 38.8 Å². The molecule has 8 heteroatoms. The summed E-state index contributed by atoms with van der Waals surface area (Å²) in [6.07, 6.45) is -1.36. The molecule has 1 aliphatic heterocycles. The summed E-state index contributed by atoms with van der Waals surface area (Å²) >= 11 is 6.36. The van der Waals surface area contributed by atoms with E-state index in [-0.39, 0.29) is 0 Å². The van der Waals surface area contributed by atoms with Gasteiger partial charge in [-0.25, -0.2) is 0 Å². The SMILES string of the molecule is Cc1nn(C)c(Cl)c1CN(C)C[C@H]1CCCN(CCc2cccc(C(F)(F)F)c2)C1. The number of halogens is 4. The molecule has 0 radical (unpaired) electrons. The van der Waals surface area contributed by atoms with E-state index in [0.717, 1.165) is 62.0 Å². The summed E-state index contributed by atoms with van der Waals surface area (Å²) in [5.74, 6) is 0.543. The van der Waals surface area contributed by atoms with E-state index in [2.05, 4.69) is 21.9 Å². The van der Waals surface area contributed by atoms with E-state index in [1.165, 1.54) is 18.6 Å². The molecule has 30 heavy (non-hydrogen) atoms. The van der Waals surface area contributed by atoms with Crippen LogP contribution in [0.15, 0.2) is 24.3 Å². The predicted molar refractivity (Wildman–Crippen MR) is 114 cm³/mol. The van der Waals surface area contributed by atoms with Crippen molar-refractivity contribution in [2.75, 3.05) is 33.2 Å². The highest BCUT2D eigenvalue weighted by atomic mass is 35.5. The molecule has 0 saturated carbocycles. The lowest BCUT2D eigenvalue weighted by atomic mass is 9.96. The molecule has 1 aliphatic rings. The van der Waals surface area contributed by atoms with Crippen molar-refractivity contribution in [3.63, 3.8) is 0 Å². The van der Waals surface area contributed by atoms with E-state index >= 15 is 0 Å². The summed E-state index contributed by atoms with van der Waals surface area (Å²) in [6.45, 7) is 6.47. The molecule has 0 N–H and O–H groups in total. The number of aromatic nitrogens is 2. The molecule has 4 nitrogen and oxygen atoms in total. The number of rotatable bonds is 7. The van der Waals surface area contributed by atoms with Gasteiger partial charge >= 0.3 is 6.18 Å². The zero-order chi connectivity index (χ0) is 21.9. The van der Waals surface area contributed by atoms with Gasteiger partial charge in [0.15, 0.2) is 0 Å². The Labute approximate surface area is 181 Å². The molecule has 1 fully saturated rings. The average Bonchev–Trinajstić information content (AvgIpc) is 2.92. The van der Waals surface area contributed by atoms with Crippen molar-refractivity contribution in [3.8, 4) is 0 Å². The third kappa shape index (κ3) is 5.99. The lowest BCUT2D eigenvalue weighted by molar-refractivity contribution is -0.137. The largest absolute Gasteiger partial charge is 0.416 e. The van der Waals surface area contributed by atoms with Crippen LogP contribution in [0, 0.1) is 12.8 Å². The lowest BCUT2D eigenvalue weighted by Crippen LogP contribution is -2.40. The molecule has 0 spiro atoms. The fourth-order valence-corrected chi connectivity index (χ4v) is 4.56. The van der Waals surface area contributed by atoms with Crippen LogP contribution in [0.4, 0.5) is 13.2 Å². The van der Waals surface area contributed by atoms with E-state index < -0.39 is 11.7 Å². The molecule has 3 rings (SSSR count). The van der Waals surface area contributed by atoms with Crippen LogP contribution in [-0.4, -0.2) is 52.8 Å². The second kappa shape index (κ2) is 9.71. The molecule has 0 unspecified atom stereocenters. The number of hydrogen-bond donors (Lipinski definition) is 0. The zero-order valence-electron chi connectivity index (χ0n) is 17.8. The quantitative estimate of drug-likeness (QED) is 0.616. The Morgan fingerprint density at radius 1 is 1.30 bits per heavy atom. The maximum atomic E-state index is 12.9. The summed E-state index contributed by atoms with van der Waals surface area (Å²) in [4.78, 5) is 4.67. The third-order valence-electron chi connectivity index (χ3n) is 5.84. The molecule has 0 bridgehead atoms. The molecule has 2 aromatic rings. The first-order valence-corrected chi connectivity index (χ1v) is 10.8. The standard InChI is InChI=1S/C22H30ClF3N4/c1-16-20(21(23)29(3)27-16)15-28(2)13-18-7-5-10-30(14-18)11-9-17-6-4-8-19(12-17)22(24,25)26/h4,6,8,12,18H,5,7,9-11,13-15H2,1-3H3/t18-/m1/s1. The molecule has 0 aliphatic carbocycles. The van der Waals surface area contributed by atoms with Crippen molar-refractivity contribution in [2.24, 2.45) is 13.0 Å². The van der Waals surface area contributed by atoms with Gasteiger partial charge < -0.3 is 9.80 Å². The summed E-state index contributed by atoms with van der Waals surface area (Å²) < 4.78 is 40.4. The van der Waals surface area contributed by atoms with Crippen LogP contribution in [0.3, 0.4) is 0 Å². The van der Waals surface area contributed by atoms with Gasteiger partial charge in [0.05, 0.1) is 11.3 Å². The van der Waals surface area contributed by atoms with Gasteiger partial charge in [-0.05, 0) is 57.3 Å². The summed E-state index contributed by atoms with van der Waals surface area (Å²) in [6, 6.07) is 5.68. The van der Waals surface area contributed by atoms with Crippen molar-refractivity contribution in [3.05, 3.63) is 51.8 Å². The van der Waals surface area contributed by atoms with Crippen LogP contribution >= 0.6 is 11.6 Å². The van der Waals surface area contributed by atoms with Crippen molar-refractivity contribution in [1.82, 2.24) is 19.6 Å². The Hall–Kier alpha value is -1.57. The second-order valence-electron chi connectivity index (χ2n) is 8.43. The van der Waals surface area contributed by atoms with Crippen LogP contribution in [0.1, 0.15) is 35.2 Å². The Morgan fingerprint density at radius 3 is 2.73 bits per heavy atom. The van der Waals surface area contributed by atoms with Gasteiger partial charge in [-0.15, -0.1) is 0 Å². The molecule has 2 heterocycles. The molecular weight excluding hydrogens is 413 g/mol. The number of piperidine rings is 1. The Kier molecular flexibility index (Phi) is 7.47. The van der Waals surface area contributed by atoms with E-state index in [0.29, 0.717) is 17.5 Å². The Balaban J connectivity index is 1.50. The molecule has 1 aromatic heterocycles. The monoisotopic (exact) mass is 442 g/mol. The fraction of sp³-hybridized carbons (Fsp3) is 0.591. The fourth-order valence-electron chi connectivity index (χ4n) is 4.32. The van der Waals surface area contributed by atoms with Gasteiger partial charge in [-0.1, -0.05) is 29.8 Å². The maximum absolute atomic E-state index is 12.9. The van der Waals surface area contributed by atoms with E-state index in [1.807, 2.05) is 14.0 Å². The number of alkyl halides is 3. The smallest absolute Gasteiger partial charge is 0.303 e. The number of benzene rings is 1. The van der Waals surface area contributed by atoms with Crippen molar-refractivity contribution < 1.29 is 13.2 Å². The second-order valence-corrected chi connectivity index (χ2v) is 8.79. The first-order valence-electron chi connectivity index (χ1n) is 10.4. The van der Waals surface area contributed by atoms with Crippen LogP contribution < -0.4 is 0 Å². The highest BCUT2D eigenvalue weighted by molar-refractivity contribution is 6.30. The highest BCUT2D eigenvalue weighted by Gasteiger charge is 2.30. The molecule has 1 aromatic carbocycles. The molecule has 0 amide bonds. The topological polar surface area (TPSA) is 24.3 Å². The summed E-state index contributed by atoms with van der Waals surface area (Å²) in [5, 5.41) is 5.06. The van der Waals surface area contributed by atoms with E-state index in [4.69, 9.17) is 11.6 Å². The predicted octanol–water partition coefficient (Wildman–Crippen LogP) is 4.79. The maximum Gasteiger partial charge on any atom is 0.416 e. The number of aryl methyl sites for hydroxylation is 2. The Morgan fingerprint density at radius 2 is 2.07 bits per heavy atom. The minimum absolute atomic E-state index is 0.543. The first kappa shape index (κ1) is 23.1. The van der Waals surface area contributed by atoms with Gasteiger partial charge in [0.25, 0.3) is 0 Å². The van der Waals surface area contributed by atoms with E-state index in [1.54, 1.807) is 10.7 Å². The molecule has 1 atom stereocenters. The highest BCUT2D eigenvalue weighted by Crippen LogP contribution is 2.30. The molecule has 166 valence electrons. The van der Waals surface area contributed by atoms with Gasteiger partial charge in [0.2, 0.25) is 0 Å². The Bertz CT molecular complexity index is 849. The first-order chi connectivity index (χ1) is 14.1. The van der Waals surface area contributed by atoms with Gasteiger partial charge in [0.1, 0.15) is 5.15 Å². The van der Waals surface area contributed by atoms with Crippen molar-refractivity contribution in [1.29, 1.82) is 0 Å². The van der Waals surface area contributed by atoms with Crippen LogP contribution in [0.2, 0.25) is 5.15 Å². The van der Waals surface area contributed by atoms with Crippen LogP contribution in [-0.2, 0) is 26.2 Å². The third-order valence-corrected chi connectivity index (χ3v) is 6.31. The number of likely N-dealkylation sites (tertiary alicyclic amines) is 1. The average molecular weight is 443 g/mol. The normalized spacial score (nSPS) is 18.3. The zero-order valence-corrected chi connectivity index (χ0v) is 18.6. The van der Waals surface area contributed by atoms with Gasteiger partial charge in [-0.3, -0.25) is 4.68 Å². The van der Waals surface area contributed by atoms with Crippen molar-refractivity contribution >= 4 is 11.6 Å². The summed E-state index contributed by atoms with van der Waals surface area (Å²) in [5.41, 5.74) is 2.20. The number of hydrogen-bond acceptors (Lipinski definition) is 3. The van der Waals surface area contributed by atoms with E-state index in [9.17, 15) is 13.2 Å². The van der Waals surface area contributed by atoms with Crippen LogP contribution in [0.25, 0.3) is 0 Å². The number of nitrogens with zero attached hydrogens (tertiary/aromatic N) is 4. The van der Waals surface area contributed by atoms with Gasteiger partial charge in [-0.2, -0.15) is 18.3 Å². The van der Waals surface area contributed by atoms with Crippen LogP contribution in [0.5, 0.6) is 0 Å². The lowest BCUT2D eigenvalue weighted by Gasteiger charge is -2.34. The summed E-state index contributed by atoms with van der Waals surface area (Å²) in [7, 11) is 3.95. The molecular formula is C22H30ClF3N4. The minimum atomic E-state index is -4.29. The van der Waals surface area contributed by atoms with Crippen molar-refractivity contribution in [2.45, 2.75) is 38.9 Å².